The monoisotopic (exact) mass is 164 g/mol. The van der Waals surface area contributed by atoms with Gasteiger partial charge in [-0.05, 0) is 24.7 Å². The molecule has 0 unspecified atom stereocenters. The number of alkyl halides is 1. The summed E-state index contributed by atoms with van der Waals surface area (Å²) in [6.07, 6.45) is 3.35. The zero-order valence-electron chi connectivity index (χ0n) is 5.29. The molecule has 1 rings (SSSR count). The van der Waals surface area contributed by atoms with E-state index in [0.29, 0.717) is 5.41 Å². The summed E-state index contributed by atoms with van der Waals surface area (Å²) < 4.78 is 0. The zero-order chi connectivity index (χ0) is 6.91. The molecular formula is C7H10Cl2. The van der Waals surface area contributed by atoms with Crippen LogP contribution in [-0.4, -0.2) is 5.88 Å². The molecule has 0 aliphatic heterocycles. The minimum absolute atomic E-state index is 0.348. The standard InChI is InChI=1S/C7H10Cl2/c1-6(9)4-7(5-8)2-3-7/h1-5H2. The van der Waals surface area contributed by atoms with Crippen LogP contribution in [0.15, 0.2) is 11.6 Å². The van der Waals surface area contributed by atoms with Crippen molar-refractivity contribution in [2.45, 2.75) is 19.3 Å². The number of hydrogen-bond donors (Lipinski definition) is 0. The third-order valence-corrected chi connectivity index (χ3v) is 2.51. The van der Waals surface area contributed by atoms with Crippen LogP contribution in [0.1, 0.15) is 19.3 Å². The second kappa shape index (κ2) is 2.51. The summed E-state index contributed by atoms with van der Waals surface area (Å²) in [6, 6.07) is 0. The van der Waals surface area contributed by atoms with E-state index in [1.807, 2.05) is 0 Å². The first-order chi connectivity index (χ1) is 4.18. The van der Waals surface area contributed by atoms with Gasteiger partial charge in [0, 0.05) is 10.9 Å². The van der Waals surface area contributed by atoms with Crippen molar-refractivity contribution in [1.29, 1.82) is 0 Å². The average molecular weight is 165 g/mol. The van der Waals surface area contributed by atoms with Gasteiger partial charge in [0.15, 0.2) is 0 Å². The third-order valence-electron chi connectivity index (χ3n) is 1.81. The number of hydrogen-bond acceptors (Lipinski definition) is 0. The molecule has 0 aromatic rings. The summed E-state index contributed by atoms with van der Waals surface area (Å²) in [4.78, 5) is 0. The number of halogens is 2. The van der Waals surface area contributed by atoms with Crippen LogP contribution >= 0.6 is 23.2 Å². The number of allylic oxidation sites excluding steroid dienone is 1. The van der Waals surface area contributed by atoms with Crippen LogP contribution in [0.25, 0.3) is 0 Å². The minimum Gasteiger partial charge on any atom is -0.126 e. The molecule has 0 saturated heterocycles. The molecule has 0 amide bonds. The van der Waals surface area contributed by atoms with Gasteiger partial charge in [-0.15, -0.1) is 11.6 Å². The minimum atomic E-state index is 0.348. The molecule has 2 heteroatoms. The average Bonchev–Trinajstić information content (AvgIpc) is 2.48. The fourth-order valence-electron chi connectivity index (χ4n) is 0.941. The Kier molecular flexibility index (Phi) is 2.07. The van der Waals surface area contributed by atoms with Gasteiger partial charge in [0.2, 0.25) is 0 Å². The van der Waals surface area contributed by atoms with Crippen LogP contribution in [0, 0.1) is 5.41 Å². The van der Waals surface area contributed by atoms with E-state index >= 15 is 0 Å². The maximum Gasteiger partial charge on any atom is 0.0283 e. The smallest absolute Gasteiger partial charge is 0.0283 e. The van der Waals surface area contributed by atoms with Crippen LogP contribution in [0.4, 0.5) is 0 Å². The SMILES string of the molecule is C=C(Cl)CC1(CCl)CC1. The normalized spacial score (nSPS) is 21.6. The van der Waals surface area contributed by atoms with E-state index in [0.717, 1.165) is 17.3 Å². The van der Waals surface area contributed by atoms with Crippen molar-refractivity contribution < 1.29 is 0 Å². The molecule has 9 heavy (non-hydrogen) atoms. The lowest BCUT2D eigenvalue weighted by Crippen LogP contribution is -2.00. The van der Waals surface area contributed by atoms with E-state index in [9.17, 15) is 0 Å². The fraction of sp³-hybridized carbons (Fsp3) is 0.714. The second-order valence-electron chi connectivity index (χ2n) is 2.83. The first-order valence-electron chi connectivity index (χ1n) is 3.08. The van der Waals surface area contributed by atoms with Crippen molar-refractivity contribution in [2.24, 2.45) is 5.41 Å². The Balaban J connectivity index is 2.33. The molecule has 0 bridgehead atoms. The van der Waals surface area contributed by atoms with Crippen LogP contribution in [0.2, 0.25) is 0 Å². The highest BCUT2D eigenvalue weighted by molar-refractivity contribution is 6.29. The molecule has 52 valence electrons. The Morgan fingerprint density at radius 3 is 2.22 bits per heavy atom. The van der Waals surface area contributed by atoms with Gasteiger partial charge >= 0.3 is 0 Å². The molecule has 0 radical (unpaired) electrons. The van der Waals surface area contributed by atoms with E-state index in [-0.39, 0.29) is 0 Å². The molecule has 0 atom stereocenters. The third kappa shape index (κ3) is 1.87. The Morgan fingerprint density at radius 1 is 1.56 bits per heavy atom. The summed E-state index contributed by atoms with van der Waals surface area (Å²) in [5.74, 6) is 0.735. The zero-order valence-corrected chi connectivity index (χ0v) is 6.80. The van der Waals surface area contributed by atoms with Crippen LogP contribution in [0.5, 0.6) is 0 Å². The van der Waals surface area contributed by atoms with Crippen molar-refractivity contribution in [3.63, 3.8) is 0 Å². The highest BCUT2D eigenvalue weighted by atomic mass is 35.5. The quantitative estimate of drug-likeness (QED) is 0.563. The summed E-state index contributed by atoms with van der Waals surface area (Å²) in [7, 11) is 0. The van der Waals surface area contributed by atoms with Gasteiger partial charge < -0.3 is 0 Å². The molecule has 0 heterocycles. The summed E-state index contributed by atoms with van der Waals surface area (Å²) in [6.45, 7) is 3.64. The first-order valence-corrected chi connectivity index (χ1v) is 3.99. The molecule has 0 N–H and O–H groups in total. The van der Waals surface area contributed by atoms with Crippen molar-refractivity contribution in [3.05, 3.63) is 11.6 Å². The van der Waals surface area contributed by atoms with Crippen molar-refractivity contribution in [2.75, 3.05) is 5.88 Å². The maximum atomic E-state index is 5.70. The van der Waals surface area contributed by atoms with E-state index in [4.69, 9.17) is 23.2 Å². The van der Waals surface area contributed by atoms with E-state index in [1.165, 1.54) is 12.8 Å². The first kappa shape index (κ1) is 7.43. The second-order valence-corrected chi connectivity index (χ2v) is 3.63. The lowest BCUT2D eigenvalue weighted by Gasteiger charge is -2.07. The van der Waals surface area contributed by atoms with Crippen molar-refractivity contribution in [3.8, 4) is 0 Å². The predicted molar refractivity (Wildman–Crippen MR) is 42.0 cm³/mol. The highest BCUT2D eigenvalue weighted by Crippen LogP contribution is 2.51. The number of rotatable bonds is 3. The van der Waals surface area contributed by atoms with E-state index in [1.54, 1.807) is 0 Å². The van der Waals surface area contributed by atoms with Crippen LogP contribution in [0.3, 0.4) is 0 Å². The van der Waals surface area contributed by atoms with Gasteiger partial charge in [0.1, 0.15) is 0 Å². The Bertz CT molecular complexity index is 125. The van der Waals surface area contributed by atoms with Gasteiger partial charge in [-0.3, -0.25) is 0 Å². The molecule has 1 aliphatic carbocycles. The summed E-state index contributed by atoms with van der Waals surface area (Å²) in [5, 5.41) is 0.744. The van der Waals surface area contributed by atoms with E-state index in [2.05, 4.69) is 6.58 Å². The molecule has 1 aliphatic rings. The molecule has 0 nitrogen and oxygen atoms in total. The molecule has 0 spiro atoms. The van der Waals surface area contributed by atoms with Crippen LogP contribution in [-0.2, 0) is 0 Å². The van der Waals surface area contributed by atoms with Crippen LogP contribution < -0.4 is 0 Å². The Labute approximate surface area is 65.8 Å². The molecule has 0 aromatic heterocycles. The lowest BCUT2D eigenvalue weighted by molar-refractivity contribution is 0.588. The highest BCUT2D eigenvalue weighted by Gasteiger charge is 2.41. The Morgan fingerprint density at radius 2 is 2.11 bits per heavy atom. The summed E-state index contributed by atoms with van der Waals surface area (Å²) >= 11 is 11.3. The maximum absolute atomic E-state index is 5.70. The molecule has 1 saturated carbocycles. The van der Waals surface area contributed by atoms with Crippen molar-refractivity contribution >= 4 is 23.2 Å². The van der Waals surface area contributed by atoms with Crippen molar-refractivity contribution in [1.82, 2.24) is 0 Å². The van der Waals surface area contributed by atoms with Gasteiger partial charge in [0.05, 0.1) is 0 Å². The predicted octanol–water partition coefficient (Wildman–Crippen LogP) is 3.15. The van der Waals surface area contributed by atoms with E-state index < -0.39 is 0 Å². The van der Waals surface area contributed by atoms with Gasteiger partial charge in [-0.25, -0.2) is 0 Å². The molecular weight excluding hydrogens is 155 g/mol. The molecule has 0 aromatic carbocycles. The lowest BCUT2D eigenvalue weighted by atomic mass is 10.1. The van der Waals surface area contributed by atoms with Gasteiger partial charge in [-0.1, -0.05) is 18.2 Å². The topological polar surface area (TPSA) is 0 Å². The fourth-order valence-corrected chi connectivity index (χ4v) is 1.59. The molecule has 1 fully saturated rings. The van der Waals surface area contributed by atoms with Gasteiger partial charge in [0.25, 0.3) is 0 Å². The Hall–Kier alpha value is 0.320. The largest absolute Gasteiger partial charge is 0.126 e. The van der Waals surface area contributed by atoms with Gasteiger partial charge in [-0.2, -0.15) is 0 Å². The summed E-state index contributed by atoms with van der Waals surface area (Å²) in [5.41, 5.74) is 0.348.